The number of H-pyrrole nitrogens is 2. The quantitative estimate of drug-likeness (QED) is 0.667. The minimum absolute atomic E-state index is 0.335. The number of benzene rings is 1. The van der Waals surface area contributed by atoms with Gasteiger partial charge in [0.25, 0.3) is 0 Å². The first-order valence-electron chi connectivity index (χ1n) is 3.86. The van der Waals surface area contributed by atoms with Crippen molar-refractivity contribution in [3.05, 3.63) is 33.2 Å². The van der Waals surface area contributed by atoms with Crippen molar-refractivity contribution >= 4 is 21.6 Å². The van der Waals surface area contributed by atoms with Crippen LogP contribution in [0.4, 0.5) is 5.69 Å². The van der Waals surface area contributed by atoms with Crippen LogP contribution in [-0.2, 0) is 0 Å². The molecule has 0 aliphatic heterocycles. The minimum Gasteiger partial charge on any atom is -0.399 e. The van der Waals surface area contributed by atoms with Crippen LogP contribution in [0.3, 0.4) is 0 Å². The van der Waals surface area contributed by atoms with Crippen LogP contribution in [0, 0.1) is 0 Å². The number of anilines is 1. The van der Waals surface area contributed by atoms with Crippen molar-refractivity contribution in [2.24, 2.45) is 0 Å². The second-order valence-corrected chi connectivity index (χ2v) is 3.72. The van der Waals surface area contributed by atoms with Crippen molar-refractivity contribution in [3.63, 3.8) is 0 Å². The van der Waals surface area contributed by atoms with E-state index < -0.39 is 0 Å². The molecule has 0 fully saturated rings. The molecular weight excluding hydrogens is 248 g/mol. The van der Waals surface area contributed by atoms with Gasteiger partial charge in [0.05, 0.1) is 0 Å². The molecule has 72 valence electrons. The molecule has 0 saturated heterocycles. The molecule has 0 atom stereocenters. The number of rotatable bonds is 1. The van der Waals surface area contributed by atoms with E-state index in [4.69, 9.17) is 5.73 Å². The number of aromatic nitrogens is 3. The van der Waals surface area contributed by atoms with E-state index in [1.807, 2.05) is 6.07 Å². The van der Waals surface area contributed by atoms with Crippen molar-refractivity contribution in [3.8, 4) is 11.4 Å². The topological polar surface area (TPSA) is 87.6 Å². The van der Waals surface area contributed by atoms with Gasteiger partial charge < -0.3 is 5.73 Å². The lowest BCUT2D eigenvalue weighted by Crippen LogP contribution is -2.00. The number of aromatic amines is 2. The Morgan fingerprint density at radius 2 is 2.14 bits per heavy atom. The minimum atomic E-state index is -0.335. The lowest BCUT2D eigenvalue weighted by molar-refractivity contribution is 1.05. The summed E-state index contributed by atoms with van der Waals surface area (Å²) in [5, 5.41) is 6.09. The highest BCUT2D eigenvalue weighted by atomic mass is 79.9. The van der Waals surface area contributed by atoms with Gasteiger partial charge in [-0.1, -0.05) is 15.9 Å². The molecule has 4 N–H and O–H groups in total. The first-order chi connectivity index (χ1) is 6.65. The Bertz CT molecular complexity index is 496. The first kappa shape index (κ1) is 9.01. The molecule has 0 aliphatic rings. The third-order valence-electron chi connectivity index (χ3n) is 1.69. The van der Waals surface area contributed by atoms with Crippen molar-refractivity contribution in [1.29, 1.82) is 0 Å². The lowest BCUT2D eigenvalue weighted by atomic mass is 10.2. The van der Waals surface area contributed by atoms with E-state index in [1.165, 1.54) is 0 Å². The van der Waals surface area contributed by atoms with E-state index in [0.29, 0.717) is 11.5 Å². The number of hydrogen-bond donors (Lipinski definition) is 3. The highest BCUT2D eigenvalue weighted by molar-refractivity contribution is 9.10. The van der Waals surface area contributed by atoms with Crippen molar-refractivity contribution in [1.82, 2.24) is 15.2 Å². The van der Waals surface area contributed by atoms with Crippen LogP contribution in [0.15, 0.2) is 27.5 Å². The fraction of sp³-hybridized carbons (Fsp3) is 0. The molecule has 5 nitrogen and oxygen atoms in total. The van der Waals surface area contributed by atoms with E-state index in [0.717, 1.165) is 10.0 Å². The summed E-state index contributed by atoms with van der Waals surface area (Å²) in [5.41, 5.74) is 6.68. The molecule has 0 spiro atoms. The van der Waals surface area contributed by atoms with Crippen LogP contribution < -0.4 is 11.4 Å². The second-order valence-electron chi connectivity index (χ2n) is 2.80. The van der Waals surface area contributed by atoms with Gasteiger partial charge in [-0.3, -0.25) is 4.98 Å². The fourth-order valence-electron chi connectivity index (χ4n) is 1.16. The van der Waals surface area contributed by atoms with Gasteiger partial charge in [0.15, 0.2) is 5.82 Å². The van der Waals surface area contributed by atoms with E-state index in [-0.39, 0.29) is 5.69 Å². The standard InChI is InChI=1S/C8H7BrN4O/c9-5-1-4(2-6(10)3-5)7-11-8(14)13-12-7/h1-3H,10H2,(H2,11,12,13,14). The molecule has 2 rings (SSSR count). The van der Waals surface area contributed by atoms with Gasteiger partial charge >= 0.3 is 5.69 Å². The number of nitrogens with one attached hydrogen (secondary N) is 2. The first-order valence-corrected chi connectivity index (χ1v) is 4.65. The smallest absolute Gasteiger partial charge is 0.340 e. The largest absolute Gasteiger partial charge is 0.399 e. The summed E-state index contributed by atoms with van der Waals surface area (Å²) in [6.45, 7) is 0. The summed E-state index contributed by atoms with van der Waals surface area (Å²) in [4.78, 5) is 13.4. The Balaban J connectivity index is 2.56. The predicted molar refractivity (Wildman–Crippen MR) is 56.8 cm³/mol. The molecule has 1 aromatic carbocycles. The maximum absolute atomic E-state index is 10.8. The molecule has 1 aromatic heterocycles. The molecule has 14 heavy (non-hydrogen) atoms. The number of nitrogens with zero attached hydrogens (tertiary/aromatic N) is 1. The third-order valence-corrected chi connectivity index (χ3v) is 2.15. The molecule has 1 heterocycles. The average molecular weight is 255 g/mol. The zero-order valence-corrected chi connectivity index (χ0v) is 8.63. The van der Waals surface area contributed by atoms with Crippen molar-refractivity contribution in [2.75, 3.05) is 5.73 Å². The number of halogens is 1. The lowest BCUT2D eigenvalue weighted by Gasteiger charge is -1.99. The molecule has 0 radical (unpaired) electrons. The summed E-state index contributed by atoms with van der Waals surface area (Å²) in [5.74, 6) is 0.475. The number of nitrogens with two attached hydrogens (primary N) is 1. The van der Waals surface area contributed by atoms with Gasteiger partial charge in [-0.25, -0.2) is 9.89 Å². The fourth-order valence-corrected chi connectivity index (χ4v) is 1.67. The van der Waals surface area contributed by atoms with E-state index in [9.17, 15) is 4.79 Å². The predicted octanol–water partition coefficient (Wildman–Crippen LogP) is 1.11. The maximum Gasteiger partial charge on any atom is 0.340 e. The Kier molecular flexibility index (Phi) is 2.12. The maximum atomic E-state index is 10.8. The molecule has 0 bridgehead atoms. The van der Waals surface area contributed by atoms with E-state index in [1.54, 1.807) is 12.1 Å². The van der Waals surface area contributed by atoms with Crippen LogP contribution in [-0.4, -0.2) is 15.2 Å². The molecular formula is C8H7BrN4O. The molecule has 6 heteroatoms. The SMILES string of the molecule is Nc1cc(Br)cc(-c2n[nH]c(=O)[nH]2)c1. The van der Waals surface area contributed by atoms with Gasteiger partial charge in [-0.05, 0) is 18.2 Å². The monoisotopic (exact) mass is 254 g/mol. The van der Waals surface area contributed by atoms with Crippen LogP contribution in [0.1, 0.15) is 0 Å². The third kappa shape index (κ3) is 1.69. The Morgan fingerprint density at radius 3 is 2.71 bits per heavy atom. The van der Waals surface area contributed by atoms with Crippen molar-refractivity contribution in [2.45, 2.75) is 0 Å². The molecule has 0 amide bonds. The number of hydrogen-bond acceptors (Lipinski definition) is 3. The van der Waals surface area contributed by atoms with E-state index >= 15 is 0 Å². The van der Waals surface area contributed by atoms with Crippen LogP contribution in [0.25, 0.3) is 11.4 Å². The summed E-state index contributed by atoms with van der Waals surface area (Å²) in [6, 6.07) is 5.33. The van der Waals surface area contributed by atoms with E-state index in [2.05, 4.69) is 31.1 Å². The molecule has 0 unspecified atom stereocenters. The molecule has 0 saturated carbocycles. The highest BCUT2D eigenvalue weighted by Gasteiger charge is 2.03. The normalized spacial score (nSPS) is 10.4. The van der Waals surface area contributed by atoms with Crippen LogP contribution in [0.2, 0.25) is 0 Å². The zero-order chi connectivity index (χ0) is 10.1. The summed E-state index contributed by atoms with van der Waals surface area (Å²) in [7, 11) is 0. The highest BCUT2D eigenvalue weighted by Crippen LogP contribution is 2.22. The summed E-state index contributed by atoms with van der Waals surface area (Å²) >= 11 is 3.31. The van der Waals surface area contributed by atoms with Crippen LogP contribution >= 0.6 is 15.9 Å². The molecule has 2 aromatic rings. The molecule has 0 aliphatic carbocycles. The Morgan fingerprint density at radius 1 is 1.36 bits per heavy atom. The Labute approximate surface area is 87.5 Å². The van der Waals surface area contributed by atoms with Gasteiger partial charge in [-0.15, -0.1) is 0 Å². The van der Waals surface area contributed by atoms with Crippen molar-refractivity contribution < 1.29 is 0 Å². The Hall–Kier alpha value is -1.56. The summed E-state index contributed by atoms with van der Waals surface area (Å²) < 4.78 is 0.844. The van der Waals surface area contributed by atoms with Gasteiger partial charge in [0.2, 0.25) is 0 Å². The van der Waals surface area contributed by atoms with Gasteiger partial charge in [-0.2, -0.15) is 5.10 Å². The second kappa shape index (κ2) is 3.30. The number of nitrogen functional groups attached to an aromatic ring is 1. The zero-order valence-electron chi connectivity index (χ0n) is 7.04. The van der Waals surface area contributed by atoms with Gasteiger partial charge in [0, 0.05) is 15.7 Å². The average Bonchev–Trinajstić information content (AvgIpc) is 2.50. The summed E-state index contributed by atoms with van der Waals surface area (Å²) in [6.07, 6.45) is 0. The van der Waals surface area contributed by atoms with Crippen LogP contribution in [0.5, 0.6) is 0 Å². The van der Waals surface area contributed by atoms with Gasteiger partial charge in [0.1, 0.15) is 0 Å².